The molecule has 2 aromatic carbocycles. The second-order valence-corrected chi connectivity index (χ2v) is 9.92. The van der Waals surface area contributed by atoms with Crippen molar-refractivity contribution in [2.75, 3.05) is 13.2 Å². The summed E-state index contributed by atoms with van der Waals surface area (Å²) in [5, 5.41) is 0.818. The van der Waals surface area contributed by atoms with E-state index in [1.807, 2.05) is 26.0 Å². The summed E-state index contributed by atoms with van der Waals surface area (Å²) in [6, 6.07) is 10.8. The zero-order valence-electron chi connectivity index (χ0n) is 17.5. The highest BCUT2D eigenvalue weighted by molar-refractivity contribution is 7.89. The van der Waals surface area contributed by atoms with Crippen LogP contribution in [0.15, 0.2) is 52.2 Å². The van der Waals surface area contributed by atoms with E-state index in [0.29, 0.717) is 17.7 Å². The van der Waals surface area contributed by atoms with Crippen LogP contribution < -0.4 is 5.56 Å². The standard InChI is InChI=1S/C23H25FN2O4S/c1-15-10-17-12-18(23(27)25-21(17)11-16(15)2)13-26(14-19-6-5-9-30-19)31(28,29)22-8-4-3-7-20(22)24/h3-4,7-8,10-12,19H,5-6,9,13-14H2,1-2H3,(H,25,27)/t19-/m0/s1. The van der Waals surface area contributed by atoms with E-state index in [1.165, 1.54) is 18.2 Å². The average Bonchev–Trinajstić information content (AvgIpc) is 3.23. The molecule has 0 bridgehead atoms. The van der Waals surface area contributed by atoms with E-state index in [0.717, 1.165) is 39.7 Å². The molecular formula is C23H25FN2O4S. The van der Waals surface area contributed by atoms with Gasteiger partial charge in [-0.1, -0.05) is 12.1 Å². The van der Waals surface area contributed by atoms with Gasteiger partial charge in [-0.05, 0) is 73.5 Å². The highest BCUT2D eigenvalue weighted by Crippen LogP contribution is 2.24. The van der Waals surface area contributed by atoms with Crippen molar-refractivity contribution in [3.05, 3.63) is 75.3 Å². The fourth-order valence-electron chi connectivity index (χ4n) is 3.89. The van der Waals surface area contributed by atoms with E-state index in [2.05, 4.69) is 4.98 Å². The lowest BCUT2D eigenvalue weighted by Gasteiger charge is -2.25. The topological polar surface area (TPSA) is 79.5 Å². The number of halogens is 1. The maximum absolute atomic E-state index is 14.4. The number of aromatic amines is 1. The Morgan fingerprint density at radius 3 is 2.61 bits per heavy atom. The molecule has 164 valence electrons. The van der Waals surface area contributed by atoms with Crippen molar-refractivity contribution in [3.8, 4) is 0 Å². The minimum atomic E-state index is -4.18. The third kappa shape index (κ3) is 4.42. The Morgan fingerprint density at radius 2 is 1.90 bits per heavy atom. The second kappa shape index (κ2) is 8.53. The summed E-state index contributed by atoms with van der Waals surface area (Å²) in [7, 11) is -4.18. The van der Waals surface area contributed by atoms with Gasteiger partial charge in [0.15, 0.2) is 0 Å². The minimum absolute atomic E-state index is 0.0566. The molecule has 1 aromatic heterocycles. The Hall–Kier alpha value is -2.55. The number of nitrogens with zero attached hydrogens (tertiary/aromatic N) is 1. The predicted octanol–water partition coefficient (Wildman–Crippen LogP) is 3.65. The molecule has 31 heavy (non-hydrogen) atoms. The number of aryl methyl sites for hydroxylation is 2. The Morgan fingerprint density at radius 1 is 1.16 bits per heavy atom. The van der Waals surface area contributed by atoms with E-state index < -0.39 is 20.7 Å². The molecular weight excluding hydrogens is 419 g/mol. The van der Waals surface area contributed by atoms with Crippen molar-refractivity contribution in [1.29, 1.82) is 0 Å². The summed E-state index contributed by atoms with van der Waals surface area (Å²) in [6.07, 6.45) is 1.27. The van der Waals surface area contributed by atoms with Crippen LogP contribution >= 0.6 is 0 Å². The third-order valence-corrected chi connectivity index (χ3v) is 7.61. The molecule has 1 aliphatic rings. The number of nitrogens with one attached hydrogen (secondary N) is 1. The van der Waals surface area contributed by atoms with Gasteiger partial charge in [-0.3, -0.25) is 4.79 Å². The molecule has 4 rings (SSSR count). The molecule has 1 aliphatic heterocycles. The van der Waals surface area contributed by atoms with Crippen LogP contribution in [0.2, 0.25) is 0 Å². The fraction of sp³-hybridized carbons (Fsp3) is 0.348. The summed E-state index contributed by atoms with van der Waals surface area (Å²) in [5.41, 5.74) is 2.75. The molecule has 1 N–H and O–H groups in total. The van der Waals surface area contributed by atoms with Crippen LogP contribution in [0.3, 0.4) is 0 Å². The van der Waals surface area contributed by atoms with Gasteiger partial charge in [0.1, 0.15) is 10.7 Å². The quantitative estimate of drug-likeness (QED) is 0.629. The number of rotatable bonds is 6. The van der Waals surface area contributed by atoms with Crippen molar-refractivity contribution in [2.24, 2.45) is 0 Å². The highest BCUT2D eigenvalue weighted by Gasteiger charge is 2.31. The van der Waals surface area contributed by atoms with Gasteiger partial charge >= 0.3 is 0 Å². The number of aromatic nitrogens is 1. The van der Waals surface area contributed by atoms with Crippen LogP contribution in [0, 0.1) is 19.7 Å². The number of hydrogen-bond donors (Lipinski definition) is 1. The van der Waals surface area contributed by atoms with Crippen LogP contribution in [0.25, 0.3) is 10.9 Å². The number of pyridine rings is 1. The van der Waals surface area contributed by atoms with Crippen molar-refractivity contribution in [2.45, 2.75) is 44.2 Å². The van der Waals surface area contributed by atoms with Gasteiger partial charge in [-0.2, -0.15) is 4.31 Å². The van der Waals surface area contributed by atoms with Gasteiger partial charge in [-0.15, -0.1) is 0 Å². The number of benzene rings is 2. The van der Waals surface area contributed by atoms with Gasteiger partial charge in [0.25, 0.3) is 5.56 Å². The van der Waals surface area contributed by atoms with Gasteiger partial charge < -0.3 is 9.72 Å². The zero-order valence-corrected chi connectivity index (χ0v) is 18.3. The smallest absolute Gasteiger partial charge is 0.252 e. The van der Waals surface area contributed by atoms with E-state index in [1.54, 1.807) is 6.07 Å². The minimum Gasteiger partial charge on any atom is -0.377 e. The molecule has 0 unspecified atom stereocenters. The normalized spacial score (nSPS) is 17.0. The lowest BCUT2D eigenvalue weighted by molar-refractivity contribution is 0.0924. The summed E-state index contributed by atoms with van der Waals surface area (Å²) < 4.78 is 47.8. The van der Waals surface area contributed by atoms with E-state index >= 15 is 0 Å². The summed E-state index contributed by atoms with van der Waals surface area (Å²) in [4.78, 5) is 15.2. The molecule has 6 nitrogen and oxygen atoms in total. The lowest BCUT2D eigenvalue weighted by atomic mass is 10.0. The Kier molecular flexibility index (Phi) is 5.96. The number of fused-ring (bicyclic) bond motifs is 1. The first-order valence-corrected chi connectivity index (χ1v) is 11.7. The van der Waals surface area contributed by atoms with Crippen LogP contribution in [-0.2, 0) is 21.3 Å². The predicted molar refractivity (Wildman–Crippen MR) is 117 cm³/mol. The zero-order chi connectivity index (χ0) is 22.2. The van der Waals surface area contributed by atoms with Crippen LogP contribution in [-0.4, -0.2) is 37.0 Å². The molecule has 2 heterocycles. The number of hydrogen-bond acceptors (Lipinski definition) is 4. The maximum Gasteiger partial charge on any atom is 0.252 e. The van der Waals surface area contributed by atoms with Crippen LogP contribution in [0.1, 0.15) is 29.5 Å². The fourth-order valence-corrected chi connectivity index (χ4v) is 5.40. The van der Waals surface area contributed by atoms with E-state index in [4.69, 9.17) is 4.74 Å². The molecule has 0 saturated carbocycles. The van der Waals surface area contributed by atoms with Gasteiger partial charge in [-0.25, -0.2) is 12.8 Å². The molecule has 3 aromatic rings. The molecule has 8 heteroatoms. The number of ether oxygens (including phenoxy) is 1. The number of sulfonamides is 1. The first-order chi connectivity index (χ1) is 14.8. The summed E-state index contributed by atoms with van der Waals surface area (Å²) in [6.45, 7) is 4.39. The monoisotopic (exact) mass is 444 g/mol. The van der Waals surface area contributed by atoms with Crippen molar-refractivity contribution in [1.82, 2.24) is 9.29 Å². The number of H-pyrrole nitrogens is 1. The Balaban J connectivity index is 1.76. The van der Waals surface area contributed by atoms with Crippen molar-refractivity contribution >= 4 is 20.9 Å². The van der Waals surface area contributed by atoms with Crippen LogP contribution in [0.5, 0.6) is 0 Å². The van der Waals surface area contributed by atoms with Crippen LogP contribution in [0.4, 0.5) is 4.39 Å². The third-order valence-electron chi connectivity index (χ3n) is 5.77. The molecule has 0 radical (unpaired) electrons. The molecule has 1 saturated heterocycles. The molecule has 1 atom stereocenters. The molecule has 0 amide bonds. The maximum atomic E-state index is 14.4. The summed E-state index contributed by atoms with van der Waals surface area (Å²) in [5.74, 6) is -0.821. The lowest BCUT2D eigenvalue weighted by Crippen LogP contribution is -2.38. The Bertz CT molecular complexity index is 1280. The second-order valence-electron chi connectivity index (χ2n) is 8.01. The van der Waals surface area contributed by atoms with Gasteiger partial charge in [0.2, 0.25) is 10.0 Å². The van der Waals surface area contributed by atoms with Gasteiger partial charge in [0, 0.05) is 30.8 Å². The van der Waals surface area contributed by atoms with Crippen molar-refractivity contribution < 1.29 is 17.5 Å². The SMILES string of the molecule is Cc1cc2cc(CN(C[C@@H]3CCCO3)S(=O)(=O)c3ccccc3F)c(=O)[nH]c2cc1C. The highest BCUT2D eigenvalue weighted by atomic mass is 32.2. The largest absolute Gasteiger partial charge is 0.377 e. The van der Waals surface area contributed by atoms with Crippen molar-refractivity contribution in [3.63, 3.8) is 0 Å². The van der Waals surface area contributed by atoms with E-state index in [9.17, 15) is 17.6 Å². The van der Waals surface area contributed by atoms with Gasteiger partial charge in [0.05, 0.1) is 6.10 Å². The average molecular weight is 445 g/mol. The molecule has 0 spiro atoms. The molecule has 0 aliphatic carbocycles. The first kappa shape index (κ1) is 21.7. The molecule has 1 fully saturated rings. The van der Waals surface area contributed by atoms with E-state index in [-0.39, 0.29) is 24.8 Å². The Labute approximate surface area is 180 Å². The summed E-state index contributed by atoms with van der Waals surface area (Å²) >= 11 is 0. The first-order valence-electron chi connectivity index (χ1n) is 10.2.